The van der Waals surface area contributed by atoms with Gasteiger partial charge in [0, 0.05) is 36.9 Å². The summed E-state index contributed by atoms with van der Waals surface area (Å²) >= 11 is 0. The van der Waals surface area contributed by atoms with E-state index in [0.717, 1.165) is 38.3 Å². The molecular formula is C13H17NO2. The van der Waals surface area contributed by atoms with Crippen molar-refractivity contribution in [1.82, 2.24) is 0 Å². The lowest BCUT2D eigenvalue weighted by Crippen LogP contribution is -2.35. The van der Waals surface area contributed by atoms with Crippen LogP contribution in [0.1, 0.15) is 18.4 Å². The normalized spacial score (nSPS) is 21.6. The zero-order valence-corrected chi connectivity index (χ0v) is 9.58. The van der Waals surface area contributed by atoms with Gasteiger partial charge in [0.2, 0.25) is 0 Å². The van der Waals surface area contributed by atoms with Crippen molar-refractivity contribution in [2.75, 3.05) is 32.2 Å². The van der Waals surface area contributed by atoms with Crippen LogP contribution in [-0.4, -0.2) is 26.9 Å². The molecule has 1 aromatic rings. The lowest BCUT2D eigenvalue weighted by Gasteiger charge is -2.33. The van der Waals surface area contributed by atoms with E-state index in [4.69, 9.17) is 9.47 Å². The van der Waals surface area contributed by atoms with E-state index in [-0.39, 0.29) is 0 Å². The molecule has 0 unspecified atom stereocenters. The first-order valence-corrected chi connectivity index (χ1v) is 5.84. The molecule has 0 aliphatic carbocycles. The topological polar surface area (TPSA) is 30.5 Å². The van der Waals surface area contributed by atoms with Crippen molar-refractivity contribution in [1.29, 1.82) is 0 Å². The highest BCUT2D eigenvalue weighted by molar-refractivity contribution is 5.63. The summed E-state index contributed by atoms with van der Waals surface area (Å²) in [4.78, 5) is 0. The van der Waals surface area contributed by atoms with E-state index >= 15 is 0 Å². The molecule has 16 heavy (non-hydrogen) atoms. The predicted molar refractivity (Wildman–Crippen MR) is 63.2 cm³/mol. The van der Waals surface area contributed by atoms with Crippen molar-refractivity contribution in [2.45, 2.75) is 18.3 Å². The lowest BCUT2D eigenvalue weighted by molar-refractivity contribution is 0.0567. The summed E-state index contributed by atoms with van der Waals surface area (Å²) in [6, 6.07) is 6.36. The SMILES string of the molecule is COc1ccc2c(c1)NCC21CCOCC1. The van der Waals surface area contributed by atoms with Gasteiger partial charge in [-0.05, 0) is 24.5 Å². The molecule has 0 amide bonds. The van der Waals surface area contributed by atoms with Gasteiger partial charge in [0.1, 0.15) is 5.75 Å². The molecule has 0 saturated carbocycles. The summed E-state index contributed by atoms with van der Waals surface area (Å²) in [5.74, 6) is 0.926. The molecule has 1 N–H and O–H groups in total. The van der Waals surface area contributed by atoms with Gasteiger partial charge in [-0.25, -0.2) is 0 Å². The summed E-state index contributed by atoms with van der Waals surface area (Å²) in [5.41, 5.74) is 2.98. The molecule has 0 aromatic heterocycles. The second-order valence-electron chi connectivity index (χ2n) is 4.66. The molecule has 0 radical (unpaired) electrons. The molecular weight excluding hydrogens is 202 g/mol. The van der Waals surface area contributed by atoms with Crippen LogP contribution in [0.5, 0.6) is 5.75 Å². The van der Waals surface area contributed by atoms with Crippen LogP contribution in [0.25, 0.3) is 0 Å². The Labute approximate surface area is 95.8 Å². The standard InChI is InChI=1S/C13H17NO2/c1-15-10-2-3-11-12(8-10)14-9-13(11)4-6-16-7-5-13/h2-3,8,14H,4-7,9H2,1H3. The van der Waals surface area contributed by atoms with Crippen molar-refractivity contribution in [3.8, 4) is 5.75 Å². The summed E-state index contributed by atoms with van der Waals surface area (Å²) in [7, 11) is 1.71. The molecule has 1 aromatic carbocycles. The first kappa shape index (κ1) is 9.97. The molecule has 86 valence electrons. The van der Waals surface area contributed by atoms with Gasteiger partial charge >= 0.3 is 0 Å². The van der Waals surface area contributed by atoms with E-state index in [0.29, 0.717) is 5.41 Å². The fourth-order valence-electron chi connectivity index (χ4n) is 2.83. The van der Waals surface area contributed by atoms with Crippen LogP contribution in [0.2, 0.25) is 0 Å². The number of benzene rings is 1. The van der Waals surface area contributed by atoms with E-state index in [1.807, 2.05) is 0 Å². The van der Waals surface area contributed by atoms with Crippen LogP contribution in [0.3, 0.4) is 0 Å². The van der Waals surface area contributed by atoms with Crippen molar-refractivity contribution in [3.05, 3.63) is 23.8 Å². The molecule has 2 aliphatic rings. The molecule has 3 nitrogen and oxygen atoms in total. The van der Waals surface area contributed by atoms with Crippen LogP contribution < -0.4 is 10.1 Å². The number of nitrogens with one attached hydrogen (secondary N) is 1. The maximum Gasteiger partial charge on any atom is 0.120 e. The van der Waals surface area contributed by atoms with E-state index in [1.165, 1.54) is 11.3 Å². The Kier molecular flexibility index (Phi) is 2.28. The van der Waals surface area contributed by atoms with Crippen molar-refractivity contribution in [2.24, 2.45) is 0 Å². The third kappa shape index (κ3) is 1.39. The van der Waals surface area contributed by atoms with E-state index in [1.54, 1.807) is 7.11 Å². The minimum atomic E-state index is 0.305. The van der Waals surface area contributed by atoms with Gasteiger partial charge in [0.05, 0.1) is 7.11 Å². The Balaban J connectivity index is 1.98. The molecule has 0 atom stereocenters. The third-order valence-corrected chi connectivity index (χ3v) is 3.87. The fourth-order valence-corrected chi connectivity index (χ4v) is 2.83. The molecule has 3 rings (SSSR count). The first-order valence-electron chi connectivity index (χ1n) is 5.84. The van der Waals surface area contributed by atoms with Gasteiger partial charge in [-0.3, -0.25) is 0 Å². The van der Waals surface area contributed by atoms with Crippen molar-refractivity contribution >= 4 is 5.69 Å². The number of hydrogen-bond acceptors (Lipinski definition) is 3. The van der Waals surface area contributed by atoms with Crippen LogP contribution >= 0.6 is 0 Å². The first-order chi connectivity index (χ1) is 7.84. The predicted octanol–water partition coefficient (Wildman–Crippen LogP) is 2.17. The molecule has 2 aliphatic heterocycles. The van der Waals surface area contributed by atoms with Crippen LogP contribution in [0.4, 0.5) is 5.69 Å². The van der Waals surface area contributed by atoms with Crippen LogP contribution in [0.15, 0.2) is 18.2 Å². The molecule has 1 spiro atoms. The van der Waals surface area contributed by atoms with Crippen molar-refractivity contribution in [3.63, 3.8) is 0 Å². The van der Waals surface area contributed by atoms with Crippen LogP contribution in [-0.2, 0) is 10.2 Å². The fraction of sp³-hybridized carbons (Fsp3) is 0.538. The second kappa shape index (κ2) is 3.67. The van der Waals surface area contributed by atoms with E-state index < -0.39 is 0 Å². The maximum absolute atomic E-state index is 5.46. The zero-order valence-electron chi connectivity index (χ0n) is 9.58. The van der Waals surface area contributed by atoms with Gasteiger partial charge in [-0.1, -0.05) is 6.07 Å². The molecule has 0 bridgehead atoms. The summed E-state index contributed by atoms with van der Waals surface area (Å²) in [6.07, 6.45) is 2.25. The second-order valence-corrected chi connectivity index (χ2v) is 4.66. The van der Waals surface area contributed by atoms with Gasteiger partial charge in [-0.15, -0.1) is 0 Å². The highest BCUT2D eigenvalue weighted by atomic mass is 16.5. The molecule has 1 fully saturated rings. The Hall–Kier alpha value is -1.22. The zero-order chi connectivity index (χ0) is 11.0. The molecule has 2 heterocycles. The van der Waals surface area contributed by atoms with Crippen molar-refractivity contribution < 1.29 is 9.47 Å². The van der Waals surface area contributed by atoms with Gasteiger partial charge in [-0.2, -0.15) is 0 Å². The largest absolute Gasteiger partial charge is 0.497 e. The highest BCUT2D eigenvalue weighted by Crippen LogP contribution is 2.44. The maximum atomic E-state index is 5.46. The molecule has 1 saturated heterocycles. The number of ether oxygens (including phenoxy) is 2. The average molecular weight is 219 g/mol. The minimum Gasteiger partial charge on any atom is -0.497 e. The Morgan fingerprint density at radius 1 is 1.31 bits per heavy atom. The Morgan fingerprint density at radius 2 is 2.12 bits per heavy atom. The number of fused-ring (bicyclic) bond motifs is 2. The number of rotatable bonds is 1. The Bertz CT molecular complexity index is 397. The van der Waals surface area contributed by atoms with E-state index in [2.05, 4.69) is 23.5 Å². The minimum absolute atomic E-state index is 0.305. The monoisotopic (exact) mass is 219 g/mol. The van der Waals surface area contributed by atoms with Gasteiger partial charge < -0.3 is 14.8 Å². The summed E-state index contributed by atoms with van der Waals surface area (Å²) < 4.78 is 10.7. The van der Waals surface area contributed by atoms with Crippen LogP contribution in [0, 0.1) is 0 Å². The Morgan fingerprint density at radius 3 is 2.88 bits per heavy atom. The number of anilines is 1. The highest BCUT2D eigenvalue weighted by Gasteiger charge is 2.40. The van der Waals surface area contributed by atoms with Gasteiger partial charge in [0.15, 0.2) is 0 Å². The smallest absolute Gasteiger partial charge is 0.120 e. The lowest BCUT2D eigenvalue weighted by atomic mass is 9.76. The molecule has 3 heteroatoms. The average Bonchev–Trinajstić information content (AvgIpc) is 2.69. The number of hydrogen-bond donors (Lipinski definition) is 1. The van der Waals surface area contributed by atoms with E-state index in [9.17, 15) is 0 Å². The third-order valence-electron chi connectivity index (χ3n) is 3.87. The number of methoxy groups -OCH3 is 1. The summed E-state index contributed by atoms with van der Waals surface area (Å²) in [6.45, 7) is 2.80. The van der Waals surface area contributed by atoms with Gasteiger partial charge in [0.25, 0.3) is 0 Å². The summed E-state index contributed by atoms with van der Waals surface area (Å²) in [5, 5.41) is 3.50. The quantitative estimate of drug-likeness (QED) is 0.785.